The second-order valence-corrected chi connectivity index (χ2v) is 18.2. The van der Waals surface area contributed by atoms with Crippen molar-refractivity contribution in [2.45, 2.75) is 70.4 Å². The predicted molar refractivity (Wildman–Crippen MR) is 239 cm³/mol. The van der Waals surface area contributed by atoms with E-state index in [4.69, 9.17) is 25.7 Å². The van der Waals surface area contributed by atoms with E-state index >= 15 is 0 Å². The SMILES string of the molecule is Cc1ncsc1-c1ccc([C@H]2NC(=O)[C@@H]3C[C@@H](O)CN3C(=O)[C@H](C(C)(C)C)NC(=O)CSCC(C(N)=O)NC(=O)[C@@H](CNC(=O)COCCOCCOCCN)NC(=O)CNC2=O)cc1. The number of aliphatic hydroxyl groups is 1. The number of thiazole rings is 1. The molecule has 1 unspecified atom stereocenters. The van der Waals surface area contributed by atoms with Gasteiger partial charge < -0.3 is 67.6 Å². The molecule has 0 radical (unpaired) electrons. The van der Waals surface area contributed by atoms with Crippen LogP contribution in [0.15, 0.2) is 29.8 Å². The van der Waals surface area contributed by atoms with Gasteiger partial charge in [-0.2, -0.15) is 0 Å². The van der Waals surface area contributed by atoms with Gasteiger partial charge in [-0.05, 0) is 23.5 Å². The van der Waals surface area contributed by atoms with Gasteiger partial charge in [0.2, 0.25) is 47.3 Å². The number of carbonyl (C=O) groups excluding carboxylic acids is 8. The molecule has 3 heterocycles. The van der Waals surface area contributed by atoms with Crippen molar-refractivity contribution in [3.63, 3.8) is 0 Å². The Labute approximate surface area is 384 Å². The maximum absolute atomic E-state index is 14.2. The number of aromatic nitrogens is 1. The van der Waals surface area contributed by atoms with Gasteiger partial charge in [-0.3, -0.25) is 38.4 Å². The third-order valence-electron chi connectivity index (χ3n) is 10.1. The number of aryl methyl sites for hydroxylation is 1. The summed E-state index contributed by atoms with van der Waals surface area (Å²) >= 11 is 2.34. The molecule has 1 aromatic heterocycles. The summed E-state index contributed by atoms with van der Waals surface area (Å²) in [7, 11) is 0. The molecule has 1 aromatic carbocycles. The molecule has 2 aliphatic rings. The van der Waals surface area contributed by atoms with Crippen LogP contribution in [0.1, 0.15) is 44.5 Å². The van der Waals surface area contributed by atoms with Crippen molar-refractivity contribution in [2.24, 2.45) is 16.9 Å². The van der Waals surface area contributed by atoms with E-state index in [1.165, 1.54) is 16.2 Å². The minimum absolute atomic E-state index is 0.0616. The number of ether oxygens (including phenoxy) is 3. The van der Waals surface area contributed by atoms with E-state index in [-0.39, 0.29) is 37.7 Å². The number of hydrogen-bond donors (Lipinski definition) is 9. The molecule has 2 saturated heterocycles. The molecule has 0 aliphatic carbocycles. The Morgan fingerprint density at radius 1 is 0.908 bits per heavy atom. The Balaban J connectivity index is 1.59. The molecule has 11 N–H and O–H groups in total. The van der Waals surface area contributed by atoms with Gasteiger partial charge in [0.05, 0.1) is 67.5 Å². The largest absolute Gasteiger partial charge is 0.391 e. The number of nitrogens with zero attached hydrogens (tertiary/aromatic N) is 2. The first-order chi connectivity index (χ1) is 30.9. The third-order valence-corrected chi connectivity index (χ3v) is 12.1. The lowest BCUT2D eigenvalue weighted by Crippen LogP contribution is -2.58. The zero-order valence-corrected chi connectivity index (χ0v) is 38.5. The lowest BCUT2D eigenvalue weighted by Gasteiger charge is -2.35. The van der Waals surface area contributed by atoms with E-state index in [2.05, 4.69) is 36.9 Å². The monoisotopic (exact) mass is 948 g/mol. The van der Waals surface area contributed by atoms with Crippen LogP contribution in [0.2, 0.25) is 0 Å². The number of benzene rings is 1. The number of thioether (sulfide) groups is 1. The van der Waals surface area contributed by atoms with E-state index in [0.29, 0.717) is 31.9 Å². The summed E-state index contributed by atoms with van der Waals surface area (Å²) in [6.07, 6.45) is -1.27. The molecule has 6 atom stereocenters. The Bertz CT molecular complexity index is 1980. The lowest BCUT2D eigenvalue weighted by atomic mass is 9.85. The topological polar surface area (TPSA) is 325 Å². The summed E-state index contributed by atoms with van der Waals surface area (Å²) in [6, 6.07) is -0.0325. The van der Waals surface area contributed by atoms with Gasteiger partial charge in [0, 0.05) is 31.8 Å². The lowest BCUT2D eigenvalue weighted by molar-refractivity contribution is -0.144. The molecule has 2 fully saturated rings. The second-order valence-electron chi connectivity index (χ2n) is 16.3. The third kappa shape index (κ3) is 16.3. The second kappa shape index (κ2) is 25.5. The molecule has 24 heteroatoms. The van der Waals surface area contributed by atoms with E-state index < -0.39 is 109 Å². The number of fused-ring (bicyclic) bond motifs is 1. The van der Waals surface area contributed by atoms with Gasteiger partial charge in [-0.25, -0.2) is 4.98 Å². The van der Waals surface area contributed by atoms with Crippen LogP contribution in [0.4, 0.5) is 0 Å². The van der Waals surface area contributed by atoms with Crippen LogP contribution >= 0.6 is 23.1 Å². The molecule has 0 saturated carbocycles. The van der Waals surface area contributed by atoms with Crippen LogP contribution < -0.4 is 43.4 Å². The molecule has 2 aliphatic heterocycles. The quantitative estimate of drug-likeness (QED) is 0.0816. The summed E-state index contributed by atoms with van der Waals surface area (Å²) in [6.45, 7) is 6.76. The highest BCUT2D eigenvalue weighted by atomic mass is 32.2. The molecule has 65 heavy (non-hydrogen) atoms. The van der Waals surface area contributed by atoms with Gasteiger partial charge in [0.25, 0.3) is 0 Å². The highest BCUT2D eigenvalue weighted by Crippen LogP contribution is 2.30. The van der Waals surface area contributed by atoms with Crippen molar-refractivity contribution in [2.75, 3.05) is 77.3 Å². The number of hydrogen-bond acceptors (Lipinski definition) is 16. The van der Waals surface area contributed by atoms with E-state index in [0.717, 1.165) is 27.9 Å². The van der Waals surface area contributed by atoms with Crippen LogP contribution in [0.25, 0.3) is 10.4 Å². The minimum Gasteiger partial charge on any atom is -0.391 e. The normalized spacial score (nSPS) is 23.3. The number of nitrogens with one attached hydrogen (secondary N) is 6. The van der Waals surface area contributed by atoms with Crippen molar-refractivity contribution < 1.29 is 57.7 Å². The Hall–Kier alpha value is -5.24. The number of aliphatic hydroxyl groups excluding tert-OH is 1. The molecular formula is C41H60N10O12S2. The average molecular weight is 949 g/mol. The number of rotatable bonds is 15. The van der Waals surface area contributed by atoms with Gasteiger partial charge in [0.1, 0.15) is 36.8 Å². The molecule has 0 bridgehead atoms. The zero-order chi connectivity index (χ0) is 47.7. The molecule has 8 amide bonds. The molecule has 0 spiro atoms. The Morgan fingerprint density at radius 3 is 2.22 bits per heavy atom. The Morgan fingerprint density at radius 2 is 1.58 bits per heavy atom. The van der Waals surface area contributed by atoms with Gasteiger partial charge in [0.15, 0.2) is 0 Å². The number of amides is 8. The molecule has 358 valence electrons. The highest BCUT2D eigenvalue weighted by Gasteiger charge is 2.45. The highest BCUT2D eigenvalue weighted by molar-refractivity contribution is 8.00. The average Bonchev–Trinajstić information content (AvgIpc) is 3.88. The van der Waals surface area contributed by atoms with Gasteiger partial charge in [-0.15, -0.1) is 23.1 Å². The number of carbonyl (C=O) groups is 8. The zero-order valence-electron chi connectivity index (χ0n) is 36.8. The smallest absolute Gasteiger partial charge is 0.247 e. The molecular weight excluding hydrogens is 889 g/mol. The fraction of sp³-hybridized carbons (Fsp3) is 0.585. The van der Waals surface area contributed by atoms with Crippen LogP contribution in [-0.2, 0) is 52.6 Å². The van der Waals surface area contributed by atoms with E-state index in [9.17, 15) is 43.5 Å². The first kappa shape index (κ1) is 52.4. The molecule has 22 nitrogen and oxygen atoms in total. The van der Waals surface area contributed by atoms with Crippen molar-refractivity contribution in [1.82, 2.24) is 41.8 Å². The maximum Gasteiger partial charge on any atom is 0.247 e. The van der Waals surface area contributed by atoms with Gasteiger partial charge >= 0.3 is 0 Å². The first-order valence-electron chi connectivity index (χ1n) is 20.9. The maximum atomic E-state index is 14.2. The number of primary amides is 1. The van der Waals surface area contributed by atoms with Crippen molar-refractivity contribution >= 4 is 70.4 Å². The number of nitrogens with two attached hydrogens (primary N) is 2. The van der Waals surface area contributed by atoms with E-state index in [1.807, 2.05) is 6.92 Å². The van der Waals surface area contributed by atoms with Crippen molar-refractivity contribution in [3.8, 4) is 10.4 Å². The standard InChI is InChI=1S/C41H60N10O12S2/c1-23-34(65-22-46-23)25-7-5-24(6-8-25)33-39(59)45-17-30(53)47-27(16-44-31(54)19-63-14-13-62-12-11-61-10-9-42)37(57)48-28(36(43)56)20-64-21-32(55)49-35(41(2,3)4)40(60)51-18-26(52)15-29(51)38(58)50-33/h5-8,22,26-29,33,35,52H,9-21,42H2,1-4H3,(H2,43,56)(H,44,54)(H,45,59)(H,47,53)(H,48,57)(H,49,55)(H,50,58)/t26-,27-,28?,29+,33-,35-/m1/s1. The van der Waals surface area contributed by atoms with Crippen molar-refractivity contribution in [3.05, 3.63) is 41.0 Å². The van der Waals surface area contributed by atoms with Crippen molar-refractivity contribution in [1.29, 1.82) is 0 Å². The van der Waals surface area contributed by atoms with E-state index in [1.54, 1.807) is 50.5 Å². The summed E-state index contributed by atoms with van der Waals surface area (Å²) in [5.41, 5.74) is 13.7. The van der Waals surface area contributed by atoms with Crippen LogP contribution in [0.5, 0.6) is 0 Å². The van der Waals surface area contributed by atoms with Crippen LogP contribution in [-0.4, -0.2) is 170 Å². The predicted octanol–water partition coefficient (Wildman–Crippen LogP) is -2.79. The van der Waals surface area contributed by atoms with Crippen LogP contribution in [0, 0.1) is 12.3 Å². The van der Waals surface area contributed by atoms with Gasteiger partial charge in [-0.1, -0.05) is 45.0 Å². The summed E-state index contributed by atoms with van der Waals surface area (Å²) < 4.78 is 15.9. The Kier molecular flexibility index (Phi) is 20.5. The minimum atomic E-state index is -1.51. The molecule has 4 rings (SSSR count). The summed E-state index contributed by atoms with van der Waals surface area (Å²) in [5.74, 6) is -6.83. The van der Waals surface area contributed by atoms with Crippen LogP contribution in [0.3, 0.4) is 0 Å². The summed E-state index contributed by atoms with van der Waals surface area (Å²) in [4.78, 5) is 114. The fourth-order valence-corrected chi connectivity index (χ4v) is 8.36. The first-order valence-corrected chi connectivity index (χ1v) is 23.0. The molecule has 2 aromatic rings. The summed E-state index contributed by atoms with van der Waals surface area (Å²) in [5, 5.41) is 26.0. The fourth-order valence-electron chi connectivity index (χ4n) is 6.68.